The van der Waals surface area contributed by atoms with Crippen molar-refractivity contribution < 1.29 is 31.5 Å². The first-order chi connectivity index (χ1) is 8.77. The summed E-state index contributed by atoms with van der Waals surface area (Å²) in [6, 6.07) is -0.0537. The van der Waals surface area contributed by atoms with E-state index in [1.165, 1.54) is 0 Å². The SMILES string of the molecule is COC(=O)CN[C@@H](c1cccc(F)c1F)C(F)(F)F. The lowest BCUT2D eigenvalue weighted by Crippen LogP contribution is -2.38. The van der Waals surface area contributed by atoms with E-state index in [1.54, 1.807) is 5.32 Å². The Bertz CT molecular complexity index is 461. The Kier molecular flexibility index (Phi) is 4.82. The molecule has 0 saturated carbocycles. The van der Waals surface area contributed by atoms with Crippen molar-refractivity contribution in [2.75, 3.05) is 13.7 Å². The van der Waals surface area contributed by atoms with Crippen molar-refractivity contribution >= 4 is 5.97 Å². The Morgan fingerprint density at radius 1 is 1.37 bits per heavy atom. The Hall–Kier alpha value is -1.70. The number of benzene rings is 1. The first kappa shape index (κ1) is 15.4. The molecule has 106 valence electrons. The average molecular weight is 283 g/mol. The summed E-state index contributed by atoms with van der Waals surface area (Å²) in [5.74, 6) is -3.96. The van der Waals surface area contributed by atoms with Gasteiger partial charge in [0.2, 0.25) is 0 Å². The average Bonchev–Trinajstić information content (AvgIpc) is 2.32. The third kappa shape index (κ3) is 3.88. The second kappa shape index (κ2) is 5.96. The smallest absolute Gasteiger partial charge is 0.408 e. The number of hydrogen-bond donors (Lipinski definition) is 1. The third-order valence-electron chi connectivity index (χ3n) is 2.30. The fraction of sp³-hybridized carbons (Fsp3) is 0.364. The van der Waals surface area contributed by atoms with Crippen LogP contribution >= 0.6 is 0 Å². The normalized spacial score (nSPS) is 13.2. The van der Waals surface area contributed by atoms with Gasteiger partial charge in [-0.25, -0.2) is 8.78 Å². The van der Waals surface area contributed by atoms with Crippen LogP contribution in [0.5, 0.6) is 0 Å². The highest BCUT2D eigenvalue weighted by molar-refractivity contribution is 5.71. The standard InChI is InChI=1S/C11H10F5NO2/c1-19-8(18)5-17-10(11(14,15)16)6-3-2-4-7(12)9(6)13/h2-4,10,17H,5H2,1H3/t10-/m0/s1. The largest absolute Gasteiger partial charge is 0.468 e. The van der Waals surface area contributed by atoms with Crippen LogP contribution in [-0.4, -0.2) is 25.8 Å². The number of hydrogen-bond acceptors (Lipinski definition) is 3. The number of nitrogens with one attached hydrogen (secondary N) is 1. The maximum absolute atomic E-state index is 13.4. The van der Waals surface area contributed by atoms with E-state index >= 15 is 0 Å². The molecule has 1 N–H and O–H groups in total. The van der Waals surface area contributed by atoms with Gasteiger partial charge in [0.25, 0.3) is 0 Å². The molecule has 0 heterocycles. The maximum Gasteiger partial charge on any atom is 0.408 e. The van der Waals surface area contributed by atoms with E-state index in [-0.39, 0.29) is 0 Å². The number of carbonyl (C=O) groups is 1. The van der Waals surface area contributed by atoms with Crippen molar-refractivity contribution in [1.82, 2.24) is 5.32 Å². The molecule has 1 rings (SSSR count). The van der Waals surface area contributed by atoms with Gasteiger partial charge in [0.15, 0.2) is 11.6 Å². The molecule has 0 saturated heterocycles. The quantitative estimate of drug-likeness (QED) is 0.681. The second-order valence-corrected chi connectivity index (χ2v) is 3.57. The van der Waals surface area contributed by atoms with E-state index in [2.05, 4.69) is 4.74 Å². The van der Waals surface area contributed by atoms with Crippen LogP contribution in [0.4, 0.5) is 22.0 Å². The van der Waals surface area contributed by atoms with Gasteiger partial charge in [0.1, 0.15) is 6.04 Å². The summed E-state index contributed by atoms with van der Waals surface area (Å²) in [5.41, 5.74) is -0.920. The molecule has 0 aromatic heterocycles. The van der Waals surface area contributed by atoms with E-state index in [0.717, 1.165) is 19.2 Å². The van der Waals surface area contributed by atoms with Gasteiger partial charge in [-0.3, -0.25) is 10.1 Å². The van der Waals surface area contributed by atoms with E-state index in [1.807, 2.05) is 0 Å². The van der Waals surface area contributed by atoms with Crippen LogP contribution in [0.3, 0.4) is 0 Å². The molecule has 3 nitrogen and oxygen atoms in total. The highest BCUT2D eigenvalue weighted by Gasteiger charge is 2.42. The first-order valence-corrected chi connectivity index (χ1v) is 5.08. The van der Waals surface area contributed by atoms with Crippen molar-refractivity contribution in [3.63, 3.8) is 0 Å². The molecule has 0 aliphatic rings. The van der Waals surface area contributed by atoms with Gasteiger partial charge in [0.05, 0.1) is 13.7 Å². The summed E-state index contributed by atoms with van der Waals surface area (Å²) in [6.07, 6.45) is -4.89. The molecular formula is C11H10F5NO2. The molecule has 1 aromatic carbocycles. The van der Waals surface area contributed by atoms with Gasteiger partial charge in [-0.05, 0) is 6.07 Å². The van der Waals surface area contributed by atoms with Gasteiger partial charge in [0, 0.05) is 5.56 Å². The molecule has 1 atom stereocenters. The van der Waals surface area contributed by atoms with E-state index in [0.29, 0.717) is 6.07 Å². The fourth-order valence-corrected chi connectivity index (χ4v) is 1.40. The molecule has 0 radical (unpaired) electrons. The number of methoxy groups -OCH3 is 1. The molecule has 0 spiro atoms. The van der Waals surface area contributed by atoms with Gasteiger partial charge in [-0.2, -0.15) is 13.2 Å². The summed E-state index contributed by atoms with van der Waals surface area (Å²) in [4.78, 5) is 10.8. The number of esters is 1. The van der Waals surface area contributed by atoms with Crippen molar-refractivity contribution in [1.29, 1.82) is 0 Å². The minimum atomic E-state index is -4.89. The van der Waals surface area contributed by atoms with E-state index in [4.69, 9.17) is 0 Å². The van der Waals surface area contributed by atoms with Crippen molar-refractivity contribution in [3.05, 3.63) is 35.4 Å². The highest BCUT2D eigenvalue weighted by Crippen LogP contribution is 2.34. The summed E-state index contributed by atoms with van der Waals surface area (Å²) in [6.45, 7) is -0.781. The second-order valence-electron chi connectivity index (χ2n) is 3.57. The van der Waals surface area contributed by atoms with Crippen LogP contribution in [-0.2, 0) is 9.53 Å². The Balaban J connectivity index is 3.04. The minimum absolute atomic E-state index is 0.701. The number of carbonyl (C=O) groups excluding carboxylic acids is 1. The topological polar surface area (TPSA) is 38.3 Å². The molecule has 0 fully saturated rings. The Labute approximate surface area is 105 Å². The predicted octanol–water partition coefficient (Wildman–Crippen LogP) is 2.33. The molecule has 8 heteroatoms. The van der Waals surface area contributed by atoms with Crippen LogP contribution in [0.1, 0.15) is 11.6 Å². The van der Waals surface area contributed by atoms with Crippen LogP contribution in [0.2, 0.25) is 0 Å². The number of rotatable bonds is 4. The molecule has 0 aliphatic carbocycles. The number of alkyl halides is 3. The van der Waals surface area contributed by atoms with Gasteiger partial charge >= 0.3 is 12.1 Å². The lowest BCUT2D eigenvalue weighted by atomic mass is 10.1. The zero-order chi connectivity index (χ0) is 14.6. The zero-order valence-electron chi connectivity index (χ0n) is 9.72. The van der Waals surface area contributed by atoms with E-state index in [9.17, 15) is 26.7 Å². The summed E-state index contributed by atoms with van der Waals surface area (Å²) >= 11 is 0. The van der Waals surface area contributed by atoms with Gasteiger partial charge in [-0.15, -0.1) is 0 Å². The molecule has 1 aromatic rings. The third-order valence-corrected chi connectivity index (χ3v) is 2.30. The van der Waals surface area contributed by atoms with Crippen molar-refractivity contribution in [2.45, 2.75) is 12.2 Å². The molecule has 0 unspecified atom stereocenters. The Morgan fingerprint density at radius 2 is 2.00 bits per heavy atom. The highest BCUT2D eigenvalue weighted by atomic mass is 19.4. The van der Waals surface area contributed by atoms with Crippen LogP contribution in [0.15, 0.2) is 18.2 Å². The number of ether oxygens (including phenoxy) is 1. The molecule has 0 bridgehead atoms. The van der Waals surface area contributed by atoms with Crippen LogP contribution < -0.4 is 5.32 Å². The lowest BCUT2D eigenvalue weighted by molar-refractivity contribution is -0.160. The first-order valence-electron chi connectivity index (χ1n) is 5.08. The van der Waals surface area contributed by atoms with Crippen molar-refractivity contribution in [2.24, 2.45) is 0 Å². The van der Waals surface area contributed by atoms with Gasteiger partial charge in [-0.1, -0.05) is 12.1 Å². The molecule has 19 heavy (non-hydrogen) atoms. The Morgan fingerprint density at radius 3 is 2.53 bits per heavy atom. The lowest BCUT2D eigenvalue weighted by Gasteiger charge is -2.22. The molecule has 0 aliphatic heterocycles. The van der Waals surface area contributed by atoms with Crippen molar-refractivity contribution in [3.8, 4) is 0 Å². The number of halogens is 5. The predicted molar refractivity (Wildman–Crippen MR) is 55.2 cm³/mol. The van der Waals surface area contributed by atoms with Crippen LogP contribution in [0.25, 0.3) is 0 Å². The molecular weight excluding hydrogens is 273 g/mol. The minimum Gasteiger partial charge on any atom is -0.468 e. The summed E-state index contributed by atoms with van der Waals surface area (Å²) in [7, 11) is 0.995. The summed E-state index contributed by atoms with van der Waals surface area (Å²) < 4.78 is 68.8. The van der Waals surface area contributed by atoms with E-state index < -0.39 is 41.9 Å². The van der Waals surface area contributed by atoms with Crippen LogP contribution in [0, 0.1) is 11.6 Å². The van der Waals surface area contributed by atoms with Gasteiger partial charge < -0.3 is 4.74 Å². The summed E-state index contributed by atoms with van der Waals surface area (Å²) in [5, 5.41) is 1.79. The zero-order valence-corrected chi connectivity index (χ0v) is 9.72. The monoisotopic (exact) mass is 283 g/mol. The fourth-order valence-electron chi connectivity index (χ4n) is 1.40. The molecule has 0 amide bonds. The maximum atomic E-state index is 13.4.